The lowest BCUT2D eigenvalue weighted by Crippen LogP contribution is -2.47. The van der Waals surface area contributed by atoms with Crippen molar-refractivity contribution >= 4 is 11.9 Å². The van der Waals surface area contributed by atoms with Crippen molar-refractivity contribution in [1.29, 1.82) is 0 Å². The van der Waals surface area contributed by atoms with Crippen LogP contribution < -0.4 is 0 Å². The average Bonchev–Trinajstić information content (AvgIpc) is 2.89. The van der Waals surface area contributed by atoms with Gasteiger partial charge in [0, 0.05) is 5.92 Å². The fourth-order valence-electron chi connectivity index (χ4n) is 4.28. The highest BCUT2D eigenvalue weighted by Gasteiger charge is 2.63. The van der Waals surface area contributed by atoms with Gasteiger partial charge in [-0.1, -0.05) is 30.9 Å². The van der Waals surface area contributed by atoms with Crippen LogP contribution in [0.15, 0.2) is 22.3 Å². The van der Waals surface area contributed by atoms with Gasteiger partial charge in [0.05, 0.1) is 27.4 Å². The van der Waals surface area contributed by atoms with Crippen LogP contribution in [-0.2, 0) is 23.8 Å². The molecule has 0 spiro atoms. The molecule has 0 saturated carbocycles. The van der Waals surface area contributed by atoms with Crippen molar-refractivity contribution in [3.05, 3.63) is 22.3 Å². The van der Waals surface area contributed by atoms with Crippen LogP contribution in [0.3, 0.4) is 0 Å². The number of hydrogen-bond acceptors (Lipinski definition) is 5. The second-order valence-electron chi connectivity index (χ2n) is 6.67. The molecule has 0 N–H and O–H groups in total. The van der Waals surface area contributed by atoms with E-state index in [0.717, 1.165) is 42.4 Å². The van der Waals surface area contributed by atoms with E-state index >= 15 is 0 Å². The Morgan fingerprint density at radius 1 is 1.21 bits per heavy atom. The molecule has 0 saturated heterocycles. The number of carbonyl (C=O) groups is 2. The van der Waals surface area contributed by atoms with E-state index in [1.54, 1.807) is 0 Å². The van der Waals surface area contributed by atoms with Gasteiger partial charge in [0.1, 0.15) is 0 Å². The Kier molecular flexibility index (Phi) is 5.86. The standard InChI is InChI=1S/C19H28O5/c1-6-7-8-15-13-9-10-24-11-14(13)16(12(2)3)19(15,17(20)22-4)18(21)23-5/h15H,6-11H2,1-5H3/t15-/m0/s1. The lowest BCUT2D eigenvalue weighted by molar-refractivity contribution is -0.168. The van der Waals surface area contributed by atoms with Crippen LogP contribution in [0.25, 0.3) is 0 Å². The summed E-state index contributed by atoms with van der Waals surface area (Å²) in [5.74, 6) is -1.26. The van der Waals surface area contributed by atoms with Crippen LogP contribution in [0.1, 0.15) is 46.5 Å². The van der Waals surface area contributed by atoms with Gasteiger partial charge in [0.2, 0.25) is 0 Å². The molecule has 1 heterocycles. The van der Waals surface area contributed by atoms with E-state index < -0.39 is 17.4 Å². The summed E-state index contributed by atoms with van der Waals surface area (Å²) >= 11 is 0. The van der Waals surface area contributed by atoms with E-state index in [2.05, 4.69) is 6.92 Å². The quantitative estimate of drug-likeness (QED) is 0.570. The first-order valence-corrected chi connectivity index (χ1v) is 8.61. The van der Waals surface area contributed by atoms with Crippen molar-refractivity contribution in [2.45, 2.75) is 46.5 Å². The third-order valence-electron chi connectivity index (χ3n) is 5.15. The predicted molar refractivity (Wildman–Crippen MR) is 90.3 cm³/mol. The minimum absolute atomic E-state index is 0.207. The highest BCUT2D eigenvalue weighted by Crippen LogP contribution is 2.57. The smallest absolute Gasteiger partial charge is 0.328 e. The van der Waals surface area contributed by atoms with Crippen molar-refractivity contribution in [2.75, 3.05) is 27.4 Å². The number of methoxy groups -OCH3 is 2. The Morgan fingerprint density at radius 2 is 1.83 bits per heavy atom. The van der Waals surface area contributed by atoms with Crippen LogP contribution in [0, 0.1) is 11.3 Å². The zero-order chi connectivity index (χ0) is 17.9. The Bertz CT molecular complexity index is 565. The molecule has 0 aromatic heterocycles. The third-order valence-corrected chi connectivity index (χ3v) is 5.15. The number of allylic oxidation sites excluding steroid dienone is 1. The van der Waals surface area contributed by atoms with Gasteiger partial charge < -0.3 is 14.2 Å². The summed E-state index contributed by atoms with van der Waals surface area (Å²) in [6.45, 7) is 7.02. The molecule has 1 aliphatic heterocycles. The Balaban J connectivity index is 2.73. The highest BCUT2D eigenvalue weighted by molar-refractivity contribution is 6.07. The van der Waals surface area contributed by atoms with E-state index in [-0.39, 0.29) is 5.92 Å². The first-order chi connectivity index (χ1) is 11.5. The molecule has 2 aliphatic rings. The zero-order valence-corrected chi connectivity index (χ0v) is 15.4. The summed E-state index contributed by atoms with van der Waals surface area (Å²) in [5, 5.41) is 0. The molecule has 24 heavy (non-hydrogen) atoms. The molecule has 0 bridgehead atoms. The lowest BCUT2D eigenvalue weighted by atomic mass is 9.69. The van der Waals surface area contributed by atoms with Gasteiger partial charge in [-0.05, 0) is 37.8 Å². The number of hydrogen-bond donors (Lipinski definition) is 0. The molecule has 0 unspecified atom stereocenters. The van der Waals surface area contributed by atoms with Crippen molar-refractivity contribution in [3.63, 3.8) is 0 Å². The summed E-state index contributed by atoms with van der Waals surface area (Å²) in [5.41, 5.74) is 2.45. The van der Waals surface area contributed by atoms with Gasteiger partial charge >= 0.3 is 11.9 Å². The molecule has 0 aromatic rings. The Labute approximate surface area is 144 Å². The minimum atomic E-state index is -1.39. The summed E-state index contributed by atoms with van der Waals surface area (Å²) in [4.78, 5) is 25.9. The van der Waals surface area contributed by atoms with Crippen molar-refractivity contribution < 1.29 is 23.8 Å². The van der Waals surface area contributed by atoms with E-state index in [1.807, 2.05) is 13.8 Å². The van der Waals surface area contributed by atoms with Crippen LogP contribution in [0.5, 0.6) is 0 Å². The molecule has 1 aliphatic carbocycles. The monoisotopic (exact) mass is 336 g/mol. The highest BCUT2D eigenvalue weighted by atomic mass is 16.5. The summed E-state index contributed by atoms with van der Waals surface area (Å²) in [6, 6.07) is 0. The molecule has 0 aromatic carbocycles. The number of unbranched alkanes of at least 4 members (excludes halogenated alkanes) is 1. The average molecular weight is 336 g/mol. The van der Waals surface area contributed by atoms with Crippen LogP contribution in [-0.4, -0.2) is 39.4 Å². The summed E-state index contributed by atoms with van der Waals surface area (Å²) < 4.78 is 15.9. The van der Waals surface area contributed by atoms with Crippen molar-refractivity contribution in [2.24, 2.45) is 11.3 Å². The third kappa shape index (κ3) is 2.69. The maximum absolute atomic E-state index is 12.9. The van der Waals surface area contributed by atoms with Gasteiger partial charge in [0.15, 0.2) is 5.41 Å². The van der Waals surface area contributed by atoms with Gasteiger partial charge in [-0.3, -0.25) is 9.59 Å². The van der Waals surface area contributed by atoms with E-state index in [1.165, 1.54) is 19.8 Å². The molecular formula is C19H28O5. The number of carbonyl (C=O) groups excluding carboxylic acids is 2. The lowest BCUT2D eigenvalue weighted by Gasteiger charge is -2.33. The molecule has 0 amide bonds. The Morgan fingerprint density at radius 3 is 2.33 bits per heavy atom. The summed E-state index contributed by atoms with van der Waals surface area (Å²) in [7, 11) is 2.67. The molecule has 0 radical (unpaired) electrons. The second kappa shape index (κ2) is 7.51. The van der Waals surface area contributed by atoms with E-state index in [4.69, 9.17) is 14.2 Å². The van der Waals surface area contributed by atoms with Crippen LogP contribution in [0.4, 0.5) is 0 Å². The maximum Gasteiger partial charge on any atom is 0.328 e. The minimum Gasteiger partial charge on any atom is -0.468 e. The number of ether oxygens (including phenoxy) is 3. The van der Waals surface area contributed by atoms with Crippen molar-refractivity contribution in [3.8, 4) is 0 Å². The molecule has 2 rings (SSSR count). The topological polar surface area (TPSA) is 61.8 Å². The predicted octanol–water partition coefficient (Wildman–Crippen LogP) is 3.19. The largest absolute Gasteiger partial charge is 0.468 e. The molecule has 5 nitrogen and oxygen atoms in total. The van der Waals surface area contributed by atoms with Crippen molar-refractivity contribution in [1.82, 2.24) is 0 Å². The number of rotatable bonds is 5. The van der Waals surface area contributed by atoms with Crippen LogP contribution >= 0.6 is 0 Å². The van der Waals surface area contributed by atoms with Crippen LogP contribution in [0.2, 0.25) is 0 Å². The normalized spacial score (nSPS) is 22.2. The van der Waals surface area contributed by atoms with Gasteiger partial charge in [0.25, 0.3) is 0 Å². The molecule has 134 valence electrons. The fraction of sp³-hybridized carbons (Fsp3) is 0.684. The number of esters is 2. The molecular weight excluding hydrogens is 308 g/mol. The van der Waals surface area contributed by atoms with E-state index in [0.29, 0.717) is 13.2 Å². The first kappa shape index (κ1) is 18.7. The van der Waals surface area contributed by atoms with Gasteiger partial charge in [-0.2, -0.15) is 0 Å². The first-order valence-electron chi connectivity index (χ1n) is 8.61. The summed E-state index contributed by atoms with van der Waals surface area (Å²) in [6.07, 6.45) is 3.44. The zero-order valence-electron chi connectivity index (χ0n) is 15.4. The SMILES string of the molecule is CCCC[C@H]1C2=C(COCC2)C(=C(C)C)C1(C(=O)OC)C(=O)OC. The fourth-order valence-corrected chi connectivity index (χ4v) is 4.28. The Hall–Kier alpha value is -1.62. The van der Waals surface area contributed by atoms with Gasteiger partial charge in [-0.25, -0.2) is 0 Å². The molecule has 5 heteroatoms. The molecule has 0 fully saturated rings. The second-order valence-corrected chi connectivity index (χ2v) is 6.67. The van der Waals surface area contributed by atoms with E-state index in [9.17, 15) is 9.59 Å². The maximum atomic E-state index is 12.9. The van der Waals surface area contributed by atoms with Gasteiger partial charge in [-0.15, -0.1) is 0 Å². The molecule has 1 atom stereocenters.